The van der Waals surface area contributed by atoms with Crippen molar-refractivity contribution in [2.45, 2.75) is 81.9 Å². The van der Waals surface area contributed by atoms with Gasteiger partial charge in [-0.2, -0.15) is 9.41 Å². The number of carbonyl (C=O) groups is 1. The number of ether oxygens (including phenoxy) is 1. The van der Waals surface area contributed by atoms with Crippen molar-refractivity contribution < 1.29 is 17.9 Å². The molecule has 0 radical (unpaired) electrons. The molecule has 37 heavy (non-hydrogen) atoms. The summed E-state index contributed by atoms with van der Waals surface area (Å²) in [5, 5.41) is 4.44. The van der Waals surface area contributed by atoms with Crippen LogP contribution in [0.5, 0.6) is 5.75 Å². The number of hydrogen-bond donors (Lipinski definition) is 1. The smallest absolute Gasteiger partial charge is 0.255 e. The Labute approximate surface area is 222 Å². The summed E-state index contributed by atoms with van der Waals surface area (Å²) in [6.45, 7) is -0.111. The molecular weight excluding hydrogens is 486 g/mol. The number of hydrogen-bond acceptors (Lipinski definition) is 5. The van der Waals surface area contributed by atoms with E-state index in [0.717, 1.165) is 37.0 Å². The van der Waals surface area contributed by atoms with Crippen molar-refractivity contribution in [1.82, 2.24) is 9.73 Å². The SMILES string of the molecule is COc1ccc(S(=O)(=O)N(CCc2ccccc2)CC(=O)NN=C2CCCCCCCCCCC2)cc1. The summed E-state index contributed by atoms with van der Waals surface area (Å²) in [4.78, 5) is 13.0. The highest BCUT2D eigenvalue weighted by Crippen LogP contribution is 2.20. The van der Waals surface area contributed by atoms with E-state index in [1.165, 1.54) is 68.5 Å². The second-order valence-electron chi connectivity index (χ2n) is 9.64. The summed E-state index contributed by atoms with van der Waals surface area (Å²) < 4.78 is 33.4. The van der Waals surface area contributed by atoms with Crippen molar-refractivity contribution in [1.29, 1.82) is 0 Å². The van der Waals surface area contributed by atoms with E-state index >= 15 is 0 Å². The topological polar surface area (TPSA) is 88.1 Å². The fraction of sp³-hybridized carbons (Fsp3) is 0.517. The van der Waals surface area contributed by atoms with Crippen molar-refractivity contribution >= 4 is 21.6 Å². The van der Waals surface area contributed by atoms with E-state index in [1.54, 1.807) is 12.1 Å². The Morgan fingerprint density at radius 3 is 2.00 bits per heavy atom. The van der Waals surface area contributed by atoms with Crippen LogP contribution in [0.4, 0.5) is 0 Å². The number of hydrazone groups is 1. The first-order chi connectivity index (χ1) is 18.0. The van der Waals surface area contributed by atoms with Gasteiger partial charge in [-0.3, -0.25) is 4.79 Å². The molecule has 1 N–H and O–H groups in total. The summed E-state index contributed by atoms with van der Waals surface area (Å²) in [6.07, 6.45) is 13.2. The Morgan fingerprint density at radius 1 is 0.865 bits per heavy atom. The summed E-state index contributed by atoms with van der Waals surface area (Å²) >= 11 is 0. The zero-order valence-corrected chi connectivity index (χ0v) is 22.8. The minimum absolute atomic E-state index is 0.125. The molecule has 1 aliphatic rings. The Hall–Kier alpha value is -2.71. The van der Waals surface area contributed by atoms with Crippen molar-refractivity contribution in [2.75, 3.05) is 20.2 Å². The predicted molar refractivity (Wildman–Crippen MR) is 148 cm³/mol. The number of carbonyl (C=O) groups excluding carboxylic acids is 1. The fourth-order valence-corrected chi connectivity index (χ4v) is 5.95. The van der Waals surface area contributed by atoms with Crippen LogP contribution < -0.4 is 10.2 Å². The van der Waals surface area contributed by atoms with E-state index in [1.807, 2.05) is 30.3 Å². The highest BCUT2D eigenvalue weighted by molar-refractivity contribution is 7.89. The van der Waals surface area contributed by atoms with Gasteiger partial charge in [0.1, 0.15) is 5.75 Å². The van der Waals surface area contributed by atoms with Gasteiger partial charge in [0.25, 0.3) is 5.91 Å². The first-order valence-electron chi connectivity index (χ1n) is 13.5. The number of rotatable bonds is 9. The molecule has 3 rings (SSSR count). The molecule has 1 saturated carbocycles. The van der Waals surface area contributed by atoms with E-state index < -0.39 is 15.9 Å². The summed E-state index contributed by atoms with van der Waals surface area (Å²) in [5.41, 5.74) is 4.67. The van der Waals surface area contributed by atoms with Crippen LogP contribution in [0.3, 0.4) is 0 Å². The van der Waals surface area contributed by atoms with E-state index in [0.29, 0.717) is 12.2 Å². The second kappa shape index (κ2) is 15.5. The fourth-order valence-electron chi connectivity index (χ4n) is 4.55. The van der Waals surface area contributed by atoms with Gasteiger partial charge >= 0.3 is 0 Å². The molecule has 8 heteroatoms. The summed E-state index contributed by atoms with van der Waals surface area (Å²) in [5.74, 6) is 0.143. The van der Waals surface area contributed by atoms with Crippen LogP contribution in [0.2, 0.25) is 0 Å². The maximum atomic E-state index is 13.5. The highest BCUT2D eigenvalue weighted by Gasteiger charge is 2.26. The van der Waals surface area contributed by atoms with Crippen LogP contribution in [-0.2, 0) is 21.2 Å². The number of nitrogens with one attached hydrogen (secondary N) is 1. The third-order valence-electron chi connectivity index (χ3n) is 6.78. The van der Waals surface area contributed by atoms with Gasteiger partial charge in [0.15, 0.2) is 0 Å². The molecule has 0 aromatic heterocycles. The molecule has 0 spiro atoms. The summed E-state index contributed by atoms with van der Waals surface area (Å²) in [7, 11) is -2.36. The van der Waals surface area contributed by atoms with Gasteiger partial charge in [-0.1, -0.05) is 75.3 Å². The first-order valence-corrected chi connectivity index (χ1v) is 15.0. The van der Waals surface area contributed by atoms with Crippen LogP contribution in [0.25, 0.3) is 0 Å². The maximum absolute atomic E-state index is 13.5. The lowest BCUT2D eigenvalue weighted by Crippen LogP contribution is -2.40. The minimum Gasteiger partial charge on any atom is -0.497 e. The molecule has 0 bridgehead atoms. The zero-order valence-electron chi connectivity index (χ0n) is 22.0. The van der Waals surface area contributed by atoms with Crippen molar-refractivity contribution in [2.24, 2.45) is 5.10 Å². The largest absolute Gasteiger partial charge is 0.497 e. The van der Waals surface area contributed by atoms with Crippen LogP contribution >= 0.6 is 0 Å². The zero-order chi connectivity index (χ0) is 26.3. The number of sulfonamides is 1. The van der Waals surface area contributed by atoms with Crippen molar-refractivity contribution in [3.8, 4) is 5.75 Å². The maximum Gasteiger partial charge on any atom is 0.255 e. The third kappa shape index (κ3) is 9.93. The van der Waals surface area contributed by atoms with Gasteiger partial charge in [0.05, 0.1) is 18.6 Å². The molecule has 1 fully saturated rings. The number of nitrogens with zero attached hydrogens (tertiary/aromatic N) is 2. The van der Waals surface area contributed by atoms with Crippen LogP contribution in [-0.4, -0.2) is 44.5 Å². The average Bonchev–Trinajstić information content (AvgIpc) is 2.91. The molecule has 1 aliphatic carbocycles. The quantitative estimate of drug-likeness (QED) is 0.424. The second-order valence-corrected chi connectivity index (χ2v) is 11.6. The van der Waals surface area contributed by atoms with E-state index in [2.05, 4.69) is 10.5 Å². The van der Waals surface area contributed by atoms with Gasteiger partial charge in [0, 0.05) is 12.3 Å². The van der Waals surface area contributed by atoms with Gasteiger partial charge in [0.2, 0.25) is 10.0 Å². The lowest BCUT2D eigenvalue weighted by atomic mass is 10.00. The normalized spacial score (nSPS) is 15.9. The number of amides is 1. The Kier molecular flexibility index (Phi) is 12.1. The number of methoxy groups -OCH3 is 1. The monoisotopic (exact) mass is 527 g/mol. The Morgan fingerprint density at radius 2 is 1.43 bits per heavy atom. The van der Waals surface area contributed by atoms with Gasteiger partial charge in [-0.05, 0) is 61.9 Å². The van der Waals surface area contributed by atoms with Crippen LogP contribution in [0.1, 0.15) is 76.2 Å². The van der Waals surface area contributed by atoms with Gasteiger partial charge < -0.3 is 4.74 Å². The van der Waals surface area contributed by atoms with E-state index in [-0.39, 0.29) is 18.0 Å². The highest BCUT2D eigenvalue weighted by atomic mass is 32.2. The standard InChI is InChI=1S/C29H41N3O4S/c1-36-27-18-20-28(21-19-27)37(34,35)32(23-22-25-14-10-9-11-15-25)24-29(33)31-30-26-16-12-7-5-3-2-4-6-8-13-17-26/h9-11,14-15,18-21H,2-8,12-13,16-17,22-24H2,1H3,(H,31,33). The Bertz CT molecular complexity index is 1070. The molecule has 0 unspecified atom stereocenters. The van der Waals surface area contributed by atoms with Crippen LogP contribution in [0, 0.1) is 0 Å². The Balaban J connectivity index is 1.69. The molecule has 0 saturated heterocycles. The molecule has 1 amide bonds. The molecule has 7 nitrogen and oxygen atoms in total. The van der Waals surface area contributed by atoms with Gasteiger partial charge in [-0.15, -0.1) is 0 Å². The molecule has 0 aliphatic heterocycles. The van der Waals surface area contributed by atoms with Gasteiger partial charge in [-0.25, -0.2) is 13.8 Å². The molecule has 202 valence electrons. The molecule has 0 atom stereocenters. The van der Waals surface area contributed by atoms with Crippen molar-refractivity contribution in [3.05, 3.63) is 60.2 Å². The molecule has 2 aromatic rings. The molecule has 2 aromatic carbocycles. The number of benzene rings is 2. The first kappa shape index (κ1) is 28.9. The lowest BCUT2D eigenvalue weighted by Gasteiger charge is -2.21. The minimum atomic E-state index is -3.89. The van der Waals surface area contributed by atoms with Crippen LogP contribution in [0.15, 0.2) is 64.6 Å². The lowest BCUT2D eigenvalue weighted by molar-refractivity contribution is -0.121. The van der Waals surface area contributed by atoms with E-state index in [9.17, 15) is 13.2 Å². The third-order valence-corrected chi connectivity index (χ3v) is 8.64. The molecule has 0 heterocycles. The van der Waals surface area contributed by atoms with E-state index in [4.69, 9.17) is 4.74 Å². The molecular formula is C29H41N3O4S. The predicted octanol–water partition coefficient (Wildman–Crippen LogP) is 5.71. The summed E-state index contributed by atoms with van der Waals surface area (Å²) in [6, 6.07) is 15.9. The average molecular weight is 528 g/mol. The van der Waals surface area contributed by atoms with Crippen molar-refractivity contribution in [3.63, 3.8) is 0 Å².